The lowest BCUT2D eigenvalue weighted by Crippen LogP contribution is -2.45. The largest absolute Gasteiger partial charge is 0.352 e. The van der Waals surface area contributed by atoms with Crippen LogP contribution < -0.4 is 5.32 Å². The van der Waals surface area contributed by atoms with Gasteiger partial charge in [0.2, 0.25) is 5.91 Å². The normalized spacial score (nSPS) is 26.7. The van der Waals surface area contributed by atoms with Gasteiger partial charge >= 0.3 is 0 Å². The molecule has 1 amide bonds. The molecule has 0 unspecified atom stereocenters. The molecule has 1 aliphatic carbocycles. The van der Waals surface area contributed by atoms with E-state index < -0.39 is 9.84 Å². The monoisotopic (exact) mass is 219 g/mol. The van der Waals surface area contributed by atoms with Gasteiger partial charge < -0.3 is 5.32 Å². The van der Waals surface area contributed by atoms with Crippen molar-refractivity contribution in [3.63, 3.8) is 0 Å². The van der Waals surface area contributed by atoms with Crippen LogP contribution in [-0.2, 0) is 14.6 Å². The Morgan fingerprint density at radius 1 is 1.43 bits per heavy atom. The van der Waals surface area contributed by atoms with Crippen molar-refractivity contribution in [1.29, 1.82) is 0 Å². The third-order valence-corrected chi connectivity index (χ3v) is 3.36. The van der Waals surface area contributed by atoms with Crippen molar-refractivity contribution in [2.45, 2.75) is 32.2 Å². The van der Waals surface area contributed by atoms with Crippen molar-refractivity contribution >= 4 is 15.7 Å². The van der Waals surface area contributed by atoms with Crippen molar-refractivity contribution in [3.05, 3.63) is 0 Å². The number of carbonyl (C=O) groups excluding carboxylic acids is 1. The maximum atomic E-state index is 11.2. The van der Waals surface area contributed by atoms with E-state index in [0.717, 1.165) is 25.5 Å². The molecule has 0 aromatic heterocycles. The first kappa shape index (κ1) is 11.5. The van der Waals surface area contributed by atoms with E-state index >= 15 is 0 Å². The minimum absolute atomic E-state index is 0.203. The first-order valence-corrected chi connectivity index (χ1v) is 6.94. The van der Waals surface area contributed by atoms with Crippen molar-refractivity contribution in [2.75, 3.05) is 12.0 Å². The van der Waals surface area contributed by atoms with Gasteiger partial charge in [-0.05, 0) is 18.8 Å². The third kappa shape index (κ3) is 3.65. The fourth-order valence-corrected chi connectivity index (χ4v) is 2.25. The average Bonchev–Trinajstić information content (AvgIpc) is 1.91. The molecule has 5 heteroatoms. The molecule has 82 valence electrons. The number of amides is 1. The second-order valence-corrected chi connectivity index (χ2v) is 6.22. The molecule has 1 fully saturated rings. The maximum absolute atomic E-state index is 11.2. The zero-order chi connectivity index (χ0) is 10.8. The van der Waals surface area contributed by atoms with Gasteiger partial charge in [-0.2, -0.15) is 0 Å². The molecule has 0 radical (unpaired) electrons. The molecule has 1 aliphatic rings. The highest BCUT2D eigenvalue weighted by atomic mass is 32.2. The highest BCUT2D eigenvalue weighted by Gasteiger charge is 2.29. The number of hydrogen-bond acceptors (Lipinski definition) is 3. The smallest absolute Gasteiger partial charge is 0.235 e. The lowest BCUT2D eigenvalue weighted by Gasteiger charge is -2.35. The summed E-state index contributed by atoms with van der Waals surface area (Å²) < 4.78 is 21.6. The SMILES string of the molecule is CC[C@H]1C[C@H](NC(=O)CS(C)(=O)=O)C1. The van der Waals surface area contributed by atoms with Crippen LogP contribution in [-0.4, -0.2) is 32.4 Å². The van der Waals surface area contributed by atoms with Gasteiger partial charge in [0.05, 0.1) is 0 Å². The molecule has 1 rings (SSSR count). The Morgan fingerprint density at radius 3 is 2.43 bits per heavy atom. The van der Waals surface area contributed by atoms with Crippen molar-refractivity contribution in [3.8, 4) is 0 Å². The zero-order valence-electron chi connectivity index (χ0n) is 8.62. The summed E-state index contributed by atoms with van der Waals surface area (Å²) in [4.78, 5) is 11.2. The van der Waals surface area contributed by atoms with Crippen LogP contribution in [0.1, 0.15) is 26.2 Å². The number of hydrogen-bond donors (Lipinski definition) is 1. The first-order valence-electron chi connectivity index (χ1n) is 4.87. The van der Waals surface area contributed by atoms with Crippen LogP contribution in [0, 0.1) is 5.92 Å². The van der Waals surface area contributed by atoms with Crippen molar-refractivity contribution in [1.82, 2.24) is 5.32 Å². The van der Waals surface area contributed by atoms with Gasteiger partial charge in [0.15, 0.2) is 9.84 Å². The minimum atomic E-state index is -3.18. The predicted molar refractivity (Wildman–Crippen MR) is 54.7 cm³/mol. The third-order valence-electron chi connectivity index (χ3n) is 2.57. The molecular formula is C9H17NO3S. The van der Waals surface area contributed by atoms with E-state index in [1.807, 2.05) is 0 Å². The quantitative estimate of drug-likeness (QED) is 0.741. The molecular weight excluding hydrogens is 202 g/mol. The Balaban J connectivity index is 2.23. The highest BCUT2D eigenvalue weighted by molar-refractivity contribution is 7.91. The number of carbonyl (C=O) groups is 1. The Kier molecular flexibility index (Phi) is 3.53. The summed E-state index contributed by atoms with van der Waals surface area (Å²) in [6.07, 6.45) is 4.19. The molecule has 0 bridgehead atoms. The van der Waals surface area contributed by atoms with Crippen LogP contribution in [0.3, 0.4) is 0 Å². The van der Waals surface area contributed by atoms with Crippen LogP contribution >= 0.6 is 0 Å². The molecule has 14 heavy (non-hydrogen) atoms. The highest BCUT2D eigenvalue weighted by Crippen LogP contribution is 2.29. The van der Waals surface area contributed by atoms with Gasteiger partial charge in [-0.25, -0.2) is 8.42 Å². The van der Waals surface area contributed by atoms with Crippen LogP contribution in [0.15, 0.2) is 0 Å². The van der Waals surface area contributed by atoms with Crippen LogP contribution in [0.2, 0.25) is 0 Å². The van der Waals surface area contributed by atoms with Gasteiger partial charge in [-0.1, -0.05) is 13.3 Å². The minimum Gasteiger partial charge on any atom is -0.352 e. The Bertz CT molecular complexity index is 304. The zero-order valence-corrected chi connectivity index (χ0v) is 9.43. The van der Waals surface area contributed by atoms with E-state index in [4.69, 9.17) is 0 Å². The number of rotatable bonds is 4. The topological polar surface area (TPSA) is 63.2 Å². The van der Waals surface area contributed by atoms with Crippen LogP contribution in [0.4, 0.5) is 0 Å². The molecule has 0 saturated heterocycles. The molecule has 0 atom stereocenters. The Hall–Kier alpha value is -0.580. The molecule has 4 nitrogen and oxygen atoms in total. The molecule has 0 spiro atoms. The van der Waals surface area contributed by atoms with Crippen LogP contribution in [0.5, 0.6) is 0 Å². The summed E-state index contributed by atoms with van der Waals surface area (Å²) >= 11 is 0. The van der Waals surface area contributed by atoms with Crippen molar-refractivity contribution < 1.29 is 13.2 Å². The lowest BCUT2D eigenvalue weighted by atomic mass is 9.79. The lowest BCUT2D eigenvalue weighted by molar-refractivity contribution is -0.120. The first-order chi connectivity index (χ1) is 6.40. The molecule has 1 saturated carbocycles. The van der Waals surface area contributed by atoms with Crippen LogP contribution in [0.25, 0.3) is 0 Å². The van der Waals surface area contributed by atoms with Gasteiger partial charge in [0.1, 0.15) is 5.75 Å². The fourth-order valence-electron chi connectivity index (χ4n) is 1.69. The Morgan fingerprint density at radius 2 is 2.00 bits per heavy atom. The summed E-state index contributed by atoms with van der Waals surface area (Å²) in [5, 5.41) is 2.72. The standard InChI is InChI=1S/C9H17NO3S/c1-3-7-4-8(5-7)10-9(11)6-14(2,12)13/h7-8H,3-6H2,1-2H3,(H,10,11)/t7-,8-. The average molecular weight is 219 g/mol. The van der Waals surface area contributed by atoms with E-state index in [2.05, 4.69) is 12.2 Å². The number of sulfone groups is 1. The molecule has 1 N–H and O–H groups in total. The molecule has 0 aromatic carbocycles. The molecule has 0 aromatic rings. The van der Waals surface area contributed by atoms with Gasteiger partial charge in [-0.3, -0.25) is 4.79 Å². The van der Waals surface area contributed by atoms with Gasteiger partial charge in [0.25, 0.3) is 0 Å². The summed E-state index contributed by atoms with van der Waals surface area (Å²) in [6, 6.07) is 0.203. The summed E-state index contributed by atoms with van der Waals surface area (Å²) in [7, 11) is -3.18. The van der Waals surface area contributed by atoms with E-state index in [9.17, 15) is 13.2 Å². The van der Waals surface area contributed by atoms with E-state index in [1.165, 1.54) is 0 Å². The number of nitrogens with one attached hydrogen (secondary N) is 1. The predicted octanol–water partition coefficient (Wildman–Crippen LogP) is 0.336. The summed E-state index contributed by atoms with van der Waals surface area (Å²) in [6.45, 7) is 2.12. The summed E-state index contributed by atoms with van der Waals surface area (Å²) in [5.41, 5.74) is 0. The molecule has 0 heterocycles. The van der Waals surface area contributed by atoms with Crippen molar-refractivity contribution in [2.24, 2.45) is 5.92 Å². The molecule has 0 aliphatic heterocycles. The van der Waals surface area contributed by atoms with E-state index in [1.54, 1.807) is 0 Å². The Labute approximate surface area is 85.0 Å². The maximum Gasteiger partial charge on any atom is 0.235 e. The second-order valence-electron chi connectivity index (χ2n) is 4.08. The van der Waals surface area contributed by atoms with E-state index in [0.29, 0.717) is 5.92 Å². The van der Waals surface area contributed by atoms with E-state index in [-0.39, 0.29) is 17.7 Å². The fraction of sp³-hybridized carbons (Fsp3) is 0.889. The van der Waals surface area contributed by atoms with Gasteiger partial charge in [-0.15, -0.1) is 0 Å². The van der Waals surface area contributed by atoms with Gasteiger partial charge in [0, 0.05) is 12.3 Å². The second kappa shape index (κ2) is 4.29. The summed E-state index contributed by atoms with van der Waals surface area (Å²) in [5.74, 6) is -0.0501.